The number of para-hydroxylation sites is 1. The van der Waals surface area contributed by atoms with Crippen LogP contribution in [0.3, 0.4) is 0 Å². The molecule has 0 bridgehead atoms. The molecule has 0 saturated carbocycles. The number of fused-ring (bicyclic) bond motifs is 1. The summed E-state index contributed by atoms with van der Waals surface area (Å²) < 4.78 is 10.7. The van der Waals surface area contributed by atoms with Crippen LogP contribution in [0.5, 0.6) is 5.75 Å². The van der Waals surface area contributed by atoms with E-state index in [0.29, 0.717) is 5.92 Å². The van der Waals surface area contributed by atoms with E-state index in [1.807, 2.05) is 12.1 Å². The van der Waals surface area contributed by atoms with Crippen molar-refractivity contribution < 1.29 is 14.3 Å². The molecule has 1 aromatic rings. The second kappa shape index (κ2) is 6.81. The molecule has 1 aliphatic heterocycles. The van der Waals surface area contributed by atoms with Crippen molar-refractivity contribution in [3.05, 3.63) is 23.8 Å². The van der Waals surface area contributed by atoms with Crippen LogP contribution in [-0.4, -0.2) is 31.8 Å². The summed E-state index contributed by atoms with van der Waals surface area (Å²) >= 11 is 0. The highest BCUT2D eigenvalue weighted by molar-refractivity contribution is 5.83. The summed E-state index contributed by atoms with van der Waals surface area (Å²) in [6.45, 7) is 8.73. The van der Waals surface area contributed by atoms with Crippen molar-refractivity contribution in [3.8, 4) is 5.75 Å². The van der Waals surface area contributed by atoms with Gasteiger partial charge in [0, 0.05) is 5.54 Å². The molecule has 0 N–H and O–H groups in total. The molecule has 4 heteroatoms. The Morgan fingerprint density at radius 3 is 2.65 bits per heavy atom. The van der Waals surface area contributed by atoms with E-state index in [0.717, 1.165) is 30.7 Å². The van der Waals surface area contributed by atoms with Gasteiger partial charge in [-0.1, -0.05) is 32.4 Å². The fraction of sp³-hybridized carbons (Fsp3) is 0.632. The van der Waals surface area contributed by atoms with Crippen LogP contribution in [0.1, 0.15) is 58.4 Å². The maximum atomic E-state index is 12.5. The number of hydrogen-bond donors (Lipinski definition) is 0. The Morgan fingerprint density at radius 1 is 1.39 bits per heavy atom. The first-order valence-corrected chi connectivity index (χ1v) is 8.41. The lowest BCUT2D eigenvalue weighted by Crippen LogP contribution is -2.56. The molecule has 0 spiro atoms. The van der Waals surface area contributed by atoms with Gasteiger partial charge in [-0.2, -0.15) is 0 Å². The number of ether oxygens (including phenoxy) is 2. The number of nitrogens with zero attached hydrogens (tertiary/aromatic N) is 1. The lowest BCUT2D eigenvalue weighted by Gasteiger charge is -2.50. The number of carbonyl (C=O) groups excluding carboxylic acids is 1. The molecule has 0 saturated heterocycles. The average Bonchev–Trinajstić information content (AvgIpc) is 2.52. The molecule has 2 rings (SSSR count). The fourth-order valence-corrected chi connectivity index (χ4v) is 3.96. The SMILES string of the molecule is CCCC(C(=O)OC)N1c2c(OC)cccc2C(C)CC1(C)C. The molecule has 2 unspecified atom stereocenters. The first-order valence-electron chi connectivity index (χ1n) is 8.41. The third-order valence-corrected chi connectivity index (χ3v) is 4.83. The van der Waals surface area contributed by atoms with Gasteiger partial charge in [0.1, 0.15) is 11.8 Å². The highest BCUT2D eigenvalue weighted by Gasteiger charge is 2.43. The summed E-state index contributed by atoms with van der Waals surface area (Å²) in [6, 6.07) is 5.85. The lowest BCUT2D eigenvalue weighted by atomic mass is 9.78. The number of rotatable bonds is 5. The van der Waals surface area contributed by atoms with Crippen LogP contribution in [0.2, 0.25) is 0 Å². The molecule has 1 heterocycles. The number of benzene rings is 1. The molecule has 2 atom stereocenters. The molecule has 0 amide bonds. The fourth-order valence-electron chi connectivity index (χ4n) is 3.96. The minimum Gasteiger partial charge on any atom is -0.495 e. The van der Waals surface area contributed by atoms with Gasteiger partial charge in [0.05, 0.1) is 19.9 Å². The zero-order valence-corrected chi connectivity index (χ0v) is 15.2. The minimum atomic E-state index is -0.289. The summed E-state index contributed by atoms with van der Waals surface area (Å²) in [6.07, 6.45) is 2.68. The lowest BCUT2D eigenvalue weighted by molar-refractivity contribution is -0.142. The monoisotopic (exact) mass is 319 g/mol. The largest absolute Gasteiger partial charge is 0.495 e. The standard InChI is InChI=1S/C19H29NO3/c1-7-9-15(18(21)23-6)20-17-14(10-8-11-16(17)22-5)13(2)12-19(20,3)4/h8,10-11,13,15H,7,9,12H2,1-6H3. The quantitative estimate of drug-likeness (QED) is 0.765. The van der Waals surface area contributed by atoms with Crippen molar-refractivity contribution in [1.29, 1.82) is 0 Å². The molecular weight excluding hydrogens is 290 g/mol. The molecule has 1 aliphatic rings. The van der Waals surface area contributed by atoms with Gasteiger partial charge in [0.25, 0.3) is 0 Å². The second-order valence-electron chi connectivity index (χ2n) is 7.01. The van der Waals surface area contributed by atoms with Gasteiger partial charge in [-0.3, -0.25) is 0 Å². The predicted molar refractivity (Wildman–Crippen MR) is 93.3 cm³/mol. The maximum Gasteiger partial charge on any atom is 0.328 e. The Kier molecular flexibility index (Phi) is 5.23. The van der Waals surface area contributed by atoms with Crippen LogP contribution in [0.25, 0.3) is 0 Å². The Balaban J connectivity index is 2.64. The summed E-state index contributed by atoms with van der Waals surface area (Å²) in [5.41, 5.74) is 2.14. The van der Waals surface area contributed by atoms with Crippen molar-refractivity contribution in [3.63, 3.8) is 0 Å². The molecule has 0 radical (unpaired) electrons. The second-order valence-corrected chi connectivity index (χ2v) is 7.01. The van der Waals surface area contributed by atoms with E-state index in [1.54, 1.807) is 7.11 Å². The van der Waals surface area contributed by atoms with Crippen molar-refractivity contribution in [2.24, 2.45) is 0 Å². The highest BCUT2D eigenvalue weighted by atomic mass is 16.5. The van der Waals surface area contributed by atoms with Gasteiger partial charge in [-0.25, -0.2) is 4.79 Å². The van der Waals surface area contributed by atoms with Crippen LogP contribution in [-0.2, 0) is 9.53 Å². The van der Waals surface area contributed by atoms with Crippen molar-refractivity contribution in [2.45, 2.75) is 64.5 Å². The number of methoxy groups -OCH3 is 2. The predicted octanol–water partition coefficient (Wildman–Crippen LogP) is 4.13. The normalized spacial score (nSPS) is 20.6. The molecule has 0 aliphatic carbocycles. The third-order valence-electron chi connectivity index (χ3n) is 4.83. The first kappa shape index (κ1) is 17.6. The van der Waals surface area contributed by atoms with Crippen LogP contribution in [0, 0.1) is 0 Å². The van der Waals surface area contributed by atoms with Gasteiger partial charge in [-0.05, 0) is 44.2 Å². The molecule has 0 fully saturated rings. The topological polar surface area (TPSA) is 38.8 Å². The number of esters is 1. The van der Waals surface area contributed by atoms with Crippen LogP contribution in [0.4, 0.5) is 5.69 Å². The first-order chi connectivity index (χ1) is 10.9. The Morgan fingerprint density at radius 2 is 2.09 bits per heavy atom. The zero-order chi connectivity index (χ0) is 17.2. The van der Waals surface area contributed by atoms with Gasteiger partial charge in [0.2, 0.25) is 0 Å². The van der Waals surface area contributed by atoms with Crippen LogP contribution >= 0.6 is 0 Å². The van der Waals surface area contributed by atoms with Gasteiger partial charge < -0.3 is 14.4 Å². The number of hydrogen-bond acceptors (Lipinski definition) is 4. The Bertz CT molecular complexity index is 568. The van der Waals surface area contributed by atoms with Crippen molar-refractivity contribution in [2.75, 3.05) is 19.1 Å². The summed E-state index contributed by atoms with van der Waals surface area (Å²) in [5, 5.41) is 0. The summed E-state index contributed by atoms with van der Waals surface area (Å²) in [7, 11) is 3.15. The molecule has 0 aromatic heterocycles. The third kappa shape index (κ3) is 3.17. The van der Waals surface area contributed by atoms with Gasteiger partial charge in [0.15, 0.2) is 0 Å². The van der Waals surface area contributed by atoms with Crippen LogP contribution < -0.4 is 9.64 Å². The van der Waals surface area contributed by atoms with E-state index in [2.05, 4.69) is 38.7 Å². The number of anilines is 1. The van der Waals surface area contributed by atoms with E-state index < -0.39 is 0 Å². The maximum absolute atomic E-state index is 12.5. The molecule has 4 nitrogen and oxygen atoms in total. The zero-order valence-electron chi connectivity index (χ0n) is 15.2. The molecular formula is C19H29NO3. The van der Waals surface area contributed by atoms with Gasteiger partial charge in [-0.15, -0.1) is 0 Å². The Labute approximate surface area is 139 Å². The summed E-state index contributed by atoms with van der Waals surface area (Å²) in [5.74, 6) is 1.07. The summed E-state index contributed by atoms with van der Waals surface area (Å²) in [4.78, 5) is 14.7. The van der Waals surface area contributed by atoms with E-state index in [-0.39, 0.29) is 17.6 Å². The smallest absolute Gasteiger partial charge is 0.328 e. The number of carbonyl (C=O) groups is 1. The van der Waals surface area contributed by atoms with Gasteiger partial charge >= 0.3 is 5.97 Å². The molecule has 1 aromatic carbocycles. The van der Waals surface area contributed by atoms with E-state index in [4.69, 9.17) is 9.47 Å². The van der Waals surface area contributed by atoms with Crippen molar-refractivity contribution in [1.82, 2.24) is 0 Å². The van der Waals surface area contributed by atoms with Crippen molar-refractivity contribution >= 4 is 11.7 Å². The Hall–Kier alpha value is -1.71. The van der Waals surface area contributed by atoms with E-state index in [1.165, 1.54) is 12.7 Å². The molecule has 128 valence electrons. The van der Waals surface area contributed by atoms with Crippen LogP contribution in [0.15, 0.2) is 18.2 Å². The van der Waals surface area contributed by atoms with E-state index in [9.17, 15) is 4.79 Å². The van der Waals surface area contributed by atoms with E-state index >= 15 is 0 Å². The molecule has 23 heavy (non-hydrogen) atoms. The average molecular weight is 319 g/mol. The minimum absolute atomic E-state index is 0.144. The highest BCUT2D eigenvalue weighted by Crippen LogP contribution is 2.49.